The molecule has 1 aromatic heterocycles. The molecule has 0 radical (unpaired) electrons. The van der Waals surface area contributed by atoms with Crippen molar-refractivity contribution in [3.63, 3.8) is 0 Å². The zero-order valence-corrected chi connectivity index (χ0v) is 15.7. The van der Waals surface area contributed by atoms with Gasteiger partial charge in [0.1, 0.15) is 0 Å². The van der Waals surface area contributed by atoms with E-state index in [0.29, 0.717) is 24.4 Å². The third-order valence-electron chi connectivity index (χ3n) is 4.20. The highest BCUT2D eigenvalue weighted by atomic mass is 16.2. The number of hydrogen-bond acceptors (Lipinski definition) is 4. The normalized spacial score (nSPS) is 10.2. The van der Waals surface area contributed by atoms with Crippen molar-refractivity contribution in [2.45, 2.75) is 19.9 Å². The molecule has 28 heavy (non-hydrogen) atoms. The fourth-order valence-corrected chi connectivity index (χ4v) is 2.70. The maximum Gasteiger partial charge on any atom is 0.319 e. The fourth-order valence-electron chi connectivity index (χ4n) is 2.70. The largest absolute Gasteiger partial charge is 0.355 e. The van der Waals surface area contributed by atoms with E-state index in [-0.39, 0.29) is 6.03 Å². The highest BCUT2D eigenvalue weighted by molar-refractivity contribution is 6.03. The molecule has 0 unspecified atom stereocenters. The van der Waals surface area contributed by atoms with Gasteiger partial charge in [0.25, 0.3) is 0 Å². The molecule has 0 bridgehead atoms. The molecule has 0 spiro atoms. The van der Waals surface area contributed by atoms with Gasteiger partial charge in [0.05, 0.1) is 0 Å². The van der Waals surface area contributed by atoms with Crippen LogP contribution >= 0.6 is 0 Å². The van der Waals surface area contributed by atoms with Crippen LogP contribution in [0.4, 0.5) is 21.9 Å². The number of rotatable bonds is 7. The quantitative estimate of drug-likeness (QED) is 0.443. The van der Waals surface area contributed by atoms with Crippen LogP contribution in [-0.2, 0) is 6.54 Å². The first kappa shape index (κ1) is 19.1. The first-order valence-electron chi connectivity index (χ1n) is 9.13. The summed E-state index contributed by atoms with van der Waals surface area (Å²) in [5, 5.41) is 17.0. The lowest BCUT2D eigenvalue weighted by atomic mass is 10.1. The summed E-state index contributed by atoms with van der Waals surface area (Å²) in [6.45, 7) is 2.39. The number of anilines is 3. The summed E-state index contributed by atoms with van der Waals surface area (Å²) in [4.78, 5) is 16.1. The van der Waals surface area contributed by atoms with Gasteiger partial charge in [-0.3, -0.25) is 4.98 Å². The van der Waals surface area contributed by atoms with Gasteiger partial charge in [-0.15, -0.1) is 0 Å². The molecule has 3 aromatic rings. The number of aromatic nitrogens is 1. The van der Waals surface area contributed by atoms with E-state index in [2.05, 4.69) is 20.9 Å². The van der Waals surface area contributed by atoms with Crippen molar-refractivity contribution in [2.75, 3.05) is 10.6 Å². The van der Waals surface area contributed by atoms with Gasteiger partial charge in [0.2, 0.25) is 0 Å². The van der Waals surface area contributed by atoms with Crippen molar-refractivity contribution in [2.24, 2.45) is 0 Å². The van der Waals surface area contributed by atoms with Crippen molar-refractivity contribution >= 4 is 28.8 Å². The predicted octanol–water partition coefficient (Wildman–Crippen LogP) is 4.92. The topological polar surface area (TPSA) is 89.9 Å². The molecule has 0 atom stereocenters. The summed E-state index contributed by atoms with van der Waals surface area (Å²) in [6, 6.07) is 18.7. The molecule has 2 amide bonds. The van der Waals surface area contributed by atoms with Gasteiger partial charge in [0, 0.05) is 47.3 Å². The second kappa shape index (κ2) is 9.32. The Labute approximate surface area is 164 Å². The average molecular weight is 373 g/mol. The van der Waals surface area contributed by atoms with Gasteiger partial charge < -0.3 is 21.4 Å². The van der Waals surface area contributed by atoms with E-state index in [1.165, 1.54) is 0 Å². The van der Waals surface area contributed by atoms with Gasteiger partial charge in [-0.25, -0.2) is 4.79 Å². The maximum absolute atomic E-state index is 12.0. The lowest BCUT2D eigenvalue weighted by Gasteiger charge is -2.13. The molecule has 6 nitrogen and oxygen atoms in total. The first-order valence-corrected chi connectivity index (χ1v) is 9.13. The average Bonchev–Trinajstić information content (AvgIpc) is 2.74. The Balaban J connectivity index is 1.58. The molecule has 4 N–H and O–H groups in total. The Hall–Kier alpha value is -3.67. The number of amides is 2. The number of para-hydroxylation sites is 1. The molecule has 6 heteroatoms. The van der Waals surface area contributed by atoms with E-state index in [1.54, 1.807) is 12.4 Å². The number of hydrogen-bond donors (Lipinski definition) is 4. The van der Waals surface area contributed by atoms with Crippen LogP contribution in [0.25, 0.3) is 0 Å². The van der Waals surface area contributed by atoms with Crippen molar-refractivity contribution in [3.8, 4) is 0 Å². The zero-order chi connectivity index (χ0) is 19.8. The predicted molar refractivity (Wildman–Crippen MR) is 113 cm³/mol. The molecule has 0 aliphatic carbocycles. The van der Waals surface area contributed by atoms with Gasteiger partial charge in [-0.05, 0) is 48.4 Å². The molecule has 0 aliphatic rings. The molecule has 2 aromatic carbocycles. The standard InChI is InChI=1S/C22H23N5O/c1-2-20(23)19-7-3-4-8-21(19)26-17-9-11-18(12-10-17)27-22(28)25-15-16-6-5-13-24-14-16/h3-14,23,26H,2,15H2,1H3,(H2,25,27,28). The van der Waals surface area contributed by atoms with E-state index in [0.717, 1.165) is 22.5 Å². The molecular formula is C22H23N5O. The van der Waals surface area contributed by atoms with Crippen LogP contribution in [0, 0.1) is 5.41 Å². The fraction of sp³-hybridized carbons (Fsp3) is 0.136. The number of nitrogens with one attached hydrogen (secondary N) is 4. The van der Waals surface area contributed by atoms with Crippen LogP contribution in [0.3, 0.4) is 0 Å². The second-order valence-corrected chi connectivity index (χ2v) is 6.25. The molecule has 0 fully saturated rings. The van der Waals surface area contributed by atoms with E-state index in [4.69, 9.17) is 5.41 Å². The van der Waals surface area contributed by atoms with Gasteiger partial charge >= 0.3 is 6.03 Å². The minimum absolute atomic E-state index is 0.272. The smallest absolute Gasteiger partial charge is 0.319 e. The number of nitrogens with zero attached hydrogens (tertiary/aromatic N) is 1. The highest BCUT2D eigenvalue weighted by Gasteiger charge is 2.07. The summed E-state index contributed by atoms with van der Waals surface area (Å²) in [5.74, 6) is 0. The van der Waals surface area contributed by atoms with Crippen molar-refractivity contribution in [1.29, 1.82) is 5.41 Å². The molecule has 0 saturated heterocycles. The number of benzene rings is 2. The minimum Gasteiger partial charge on any atom is -0.355 e. The first-order chi connectivity index (χ1) is 13.7. The lowest BCUT2D eigenvalue weighted by molar-refractivity contribution is 0.251. The number of urea groups is 1. The maximum atomic E-state index is 12.0. The molecule has 0 aliphatic heterocycles. The van der Waals surface area contributed by atoms with E-state index in [9.17, 15) is 4.79 Å². The minimum atomic E-state index is -0.272. The Morgan fingerprint density at radius 2 is 1.75 bits per heavy atom. The SMILES string of the molecule is CCC(=N)c1ccccc1Nc1ccc(NC(=O)NCc2cccnc2)cc1. The van der Waals surface area contributed by atoms with Crippen LogP contribution < -0.4 is 16.0 Å². The third-order valence-corrected chi connectivity index (χ3v) is 4.20. The summed E-state index contributed by atoms with van der Waals surface area (Å²) in [7, 11) is 0. The Bertz CT molecular complexity index is 939. The Morgan fingerprint density at radius 3 is 2.46 bits per heavy atom. The van der Waals surface area contributed by atoms with Gasteiger partial charge in [-0.2, -0.15) is 0 Å². The summed E-state index contributed by atoms with van der Waals surface area (Å²) in [5.41, 5.74) is 4.90. The summed E-state index contributed by atoms with van der Waals surface area (Å²) >= 11 is 0. The molecule has 3 rings (SSSR count). The zero-order valence-electron chi connectivity index (χ0n) is 15.7. The van der Waals surface area contributed by atoms with Crippen molar-refractivity contribution in [1.82, 2.24) is 10.3 Å². The lowest BCUT2D eigenvalue weighted by Crippen LogP contribution is -2.28. The van der Waals surface area contributed by atoms with E-state index >= 15 is 0 Å². The molecule has 142 valence electrons. The summed E-state index contributed by atoms with van der Waals surface area (Å²) in [6.07, 6.45) is 4.09. The van der Waals surface area contributed by atoms with Gasteiger partial charge in [-0.1, -0.05) is 31.2 Å². The van der Waals surface area contributed by atoms with Crippen LogP contribution in [0.15, 0.2) is 73.1 Å². The Morgan fingerprint density at radius 1 is 1.00 bits per heavy atom. The van der Waals surface area contributed by atoms with E-state index in [1.807, 2.05) is 67.6 Å². The number of carbonyl (C=O) groups is 1. The molecule has 1 heterocycles. The van der Waals surface area contributed by atoms with Crippen molar-refractivity contribution < 1.29 is 4.79 Å². The highest BCUT2D eigenvalue weighted by Crippen LogP contribution is 2.23. The monoisotopic (exact) mass is 373 g/mol. The molecule has 0 saturated carbocycles. The van der Waals surface area contributed by atoms with Crippen LogP contribution in [0.2, 0.25) is 0 Å². The molecular weight excluding hydrogens is 350 g/mol. The van der Waals surface area contributed by atoms with Gasteiger partial charge in [0.15, 0.2) is 0 Å². The second-order valence-electron chi connectivity index (χ2n) is 6.25. The van der Waals surface area contributed by atoms with Crippen LogP contribution in [0.1, 0.15) is 24.5 Å². The van der Waals surface area contributed by atoms with Crippen molar-refractivity contribution in [3.05, 3.63) is 84.2 Å². The van der Waals surface area contributed by atoms with Crippen LogP contribution in [-0.4, -0.2) is 16.7 Å². The third kappa shape index (κ3) is 5.17. The Kier molecular flexibility index (Phi) is 6.36. The van der Waals surface area contributed by atoms with Crippen LogP contribution in [0.5, 0.6) is 0 Å². The number of carbonyl (C=O) groups excluding carboxylic acids is 1. The number of pyridine rings is 1. The van der Waals surface area contributed by atoms with E-state index < -0.39 is 0 Å². The summed E-state index contributed by atoms with van der Waals surface area (Å²) < 4.78 is 0.